The van der Waals surface area contributed by atoms with Crippen molar-refractivity contribution < 1.29 is 14.6 Å². The second kappa shape index (κ2) is 4.69. The largest absolute Gasteiger partial charge is 0.394 e. The van der Waals surface area contributed by atoms with Crippen molar-refractivity contribution >= 4 is 5.91 Å². The van der Waals surface area contributed by atoms with Crippen molar-refractivity contribution in [3.63, 3.8) is 0 Å². The van der Waals surface area contributed by atoms with E-state index in [0.29, 0.717) is 6.04 Å². The van der Waals surface area contributed by atoms with E-state index < -0.39 is 0 Å². The van der Waals surface area contributed by atoms with Gasteiger partial charge in [-0.3, -0.25) is 9.69 Å². The molecule has 0 aromatic heterocycles. The predicted molar refractivity (Wildman–Crippen MR) is 59.0 cm³/mol. The molecule has 0 aromatic carbocycles. The number of rotatable bonds is 2. The van der Waals surface area contributed by atoms with Crippen LogP contribution in [0.2, 0.25) is 0 Å². The highest BCUT2D eigenvalue weighted by molar-refractivity contribution is 5.78. The fourth-order valence-corrected chi connectivity index (χ4v) is 2.48. The molecule has 5 nitrogen and oxygen atoms in total. The Balaban J connectivity index is 2.08. The summed E-state index contributed by atoms with van der Waals surface area (Å²) in [6.45, 7) is 6.86. The van der Waals surface area contributed by atoms with Crippen LogP contribution in [0.1, 0.15) is 13.8 Å². The van der Waals surface area contributed by atoms with Gasteiger partial charge < -0.3 is 14.7 Å². The zero-order valence-corrected chi connectivity index (χ0v) is 9.93. The Morgan fingerprint density at radius 3 is 2.88 bits per heavy atom. The van der Waals surface area contributed by atoms with Gasteiger partial charge in [0.05, 0.1) is 12.6 Å². The number of fused-ring (bicyclic) bond motifs is 1. The molecular weight excluding hydrogens is 208 g/mol. The lowest BCUT2D eigenvalue weighted by Crippen LogP contribution is -2.65. The first-order valence-corrected chi connectivity index (χ1v) is 5.89. The van der Waals surface area contributed by atoms with Gasteiger partial charge in [0.15, 0.2) is 0 Å². The fourth-order valence-electron chi connectivity index (χ4n) is 2.48. The topological polar surface area (TPSA) is 53.0 Å². The second-order valence-corrected chi connectivity index (χ2v) is 4.78. The van der Waals surface area contributed by atoms with Gasteiger partial charge in [-0.05, 0) is 13.8 Å². The lowest BCUT2D eigenvalue weighted by atomic mass is 10.0. The van der Waals surface area contributed by atoms with Crippen molar-refractivity contribution in [1.82, 2.24) is 9.80 Å². The van der Waals surface area contributed by atoms with Gasteiger partial charge in [0, 0.05) is 25.7 Å². The van der Waals surface area contributed by atoms with Gasteiger partial charge in [-0.25, -0.2) is 0 Å². The zero-order valence-electron chi connectivity index (χ0n) is 9.93. The molecule has 0 aromatic rings. The number of carbonyl (C=O) groups excluding carboxylic acids is 1. The summed E-state index contributed by atoms with van der Waals surface area (Å²) in [7, 11) is 0. The molecule has 2 aliphatic rings. The number of amides is 1. The normalized spacial score (nSPS) is 32.0. The van der Waals surface area contributed by atoms with E-state index in [2.05, 4.69) is 18.7 Å². The van der Waals surface area contributed by atoms with Crippen LogP contribution in [-0.2, 0) is 9.53 Å². The first-order chi connectivity index (χ1) is 7.63. The van der Waals surface area contributed by atoms with Crippen LogP contribution < -0.4 is 0 Å². The van der Waals surface area contributed by atoms with Crippen LogP contribution >= 0.6 is 0 Å². The van der Waals surface area contributed by atoms with Crippen molar-refractivity contribution in [3.05, 3.63) is 0 Å². The van der Waals surface area contributed by atoms with Crippen LogP contribution in [0.4, 0.5) is 0 Å². The molecule has 2 aliphatic heterocycles. The number of ether oxygens (including phenoxy) is 1. The SMILES string of the molecule is CC(C)N1CCN2C(=O)CO[C@H](CO)C2C1. The third-order valence-electron chi connectivity index (χ3n) is 3.53. The summed E-state index contributed by atoms with van der Waals surface area (Å²) in [5.41, 5.74) is 0. The standard InChI is InChI=1S/C11H20N2O3/c1-8(2)12-3-4-13-9(5-12)10(6-14)16-7-11(13)15/h8-10,14H,3-7H2,1-2H3/t9?,10-/m1/s1. The zero-order chi connectivity index (χ0) is 11.7. The lowest BCUT2D eigenvalue weighted by molar-refractivity contribution is -0.167. The van der Waals surface area contributed by atoms with E-state index in [0.717, 1.165) is 19.6 Å². The summed E-state index contributed by atoms with van der Waals surface area (Å²) in [5, 5.41) is 9.26. The third-order valence-corrected chi connectivity index (χ3v) is 3.53. The molecular formula is C11H20N2O3. The number of aliphatic hydroxyl groups excluding tert-OH is 1. The summed E-state index contributed by atoms with van der Waals surface area (Å²) in [6.07, 6.45) is -0.223. The number of piperazine rings is 1. The Morgan fingerprint density at radius 2 is 2.25 bits per heavy atom. The molecule has 1 amide bonds. The quantitative estimate of drug-likeness (QED) is 0.679. The highest BCUT2D eigenvalue weighted by atomic mass is 16.5. The van der Waals surface area contributed by atoms with Crippen molar-refractivity contribution in [3.8, 4) is 0 Å². The summed E-state index contributed by atoms with van der Waals surface area (Å²) >= 11 is 0. The predicted octanol–water partition coefficient (Wildman–Crippen LogP) is -0.701. The highest BCUT2D eigenvalue weighted by Crippen LogP contribution is 2.21. The van der Waals surface area contributed by atoms with Crippen LogP contribution in [0.15, 0.2) is 0 Å². The Kier molecular flexibility index (Phi) is 3.47. The Morgan fingerprint density at radius 1 is 1.50 bits per heavy atom. The van der Waals surface area contributed by atoms with Crippen LogP contribution in [0.25, 0.3) is 0 Å². The van der Waals surface area contributed by atoms with Crippen molar-refractivity contribution in [1.29, 1.82) is 0 Å². The van der Waals surface area contributed by atoms with E-state index in [1.165, 1.54) is 0 Å². The number of aliphatic hydroxyl groups is 1. The minimum atomic E-state index is -0.223. The second-order valence-electron chi connectivity index (χ2n) is 4.78. The van der Waals surface area contributed by atoms with E-state index >= 15 is 0 Å². The first-order valence-electron chi connectivity index (χ1n) is 5.89. The Hall–Kier alpha value is -0.650. The van der Waals surface area contributed by atoms with Crippen molar-refractivity contribution in [2.24, 2.45) is 0 Å². The van der Waals surface area contributed by atoms with E-state index in [-0.39, 0.29) is 31.3 Å². The van der Waals surface area contributed by atoms with Crippen LogP contribution in [0.3, 0.4) is 0 Å². The minimum absolute atomic E-state index is 0.0135. The van der Waals surface area contributed by atoms with Gasteiger partial charge in [0.1, 0.15) is 12.7 Å². The van der Waals surface area contributed by atoms with Gasteiger partial charge >= 0.3 is 0 Å². The Bertz CT molecular complexity index is 270. The molecule has 1 unspecified atom stereocenters. The van der Waals surface area contributed by atoms with Gasteiger partial charge in [0.25, 0.3) is 0 Å². The van der Waals surface area contributed by atoms with Gasteiger partial charge in [-0.2, -0.15) is 0 Å². The maximum absolute atomic E-state index is 11.7. The monoisotopic (exact) mass is 228 g/mol. The molecule has 92 valence electrons. The summed E-state index contributed by atoms with van der Waals surface area (Å²) in [4.78, 5) is 15.9. The number of nitrogens with zero attached hydrogens (tertiary/aromatic N) is 2. The van der Waals surface area contributed by atoms with E-state index in [4.69, 9.17) is 4.74 Å². The number of morpholine rings is 1. The first kappa shape index (κ1) is 11.8. The maximum atomic E-state index is 11.7. The number of carbonyl (C=O) groups is 1. The maximum Gasteiger partial charge on any atom is 0.249 e. The smallest absolute Gasteiger partial charge is 0.249 e. The fraction of sp³-hybridized carbons (Fsp3) is 0.909. The summed E-state index contributed by atoms with van der Waals surface area (Å²) in [6, 6.07) is 0.487. The molecule has 0 saturated carbocycles. The molecule has 0 bridgehead atoms. The average Bonchev–Trinajstić information content (AvgIpc) is 2.29. The van der Waals surface area contributed by atoms with Crippen LogP contribution in [-0.4, -0.2) is 71.8 Å². The Labute approximate surface area is 96.0 Å². The molecule has 2 heterocycles. The average molecular weight is 228 g/mol. The van der Waals surface area contributed by atoms with Crippen LogP contribution in [0.5, 0.6) is 0 Å². The molecule has 2 fully saturated rings. The number of hydrogen-bond donors (Lipinski definition) is 1. The summed E-state index contributed by atoms with van der Waals surface area (Å²) < 4.78 is 5.37. The lowest BCUT2D eigenvalue weighted by Gasteiger charge is -2.48. The van der Waals surface area contributed by atoms with Gasteiger partial charge in [-0.15, -0.1) is 0 Å². The van der Waals surface area contributed by atoms with Crippen molar-refractivity contribution in [2.75, 3.05) is 32.8 Å². The molecule has 0 spiro atoms. The van der Waals surface area contributed by atoms with Crippen molar-refractivity contribution in [2.45, 2.75) is 32.0 Å². The molecule has 2 saturated heterocycles. The minimum Gasteiger partial charge on any atom is -0.394 e. The molecule has 1 N–H and O–H groups in total. The van der Waals surface area contributed by atoms with E-state index in [9.17, 15) is 9.90 Å². The summed E-state index contributed by atoms with van der Waals surface area (Å²) in [5.74, 6) is 0.0538. The van der Waals surface area contributed by atoms with E-state index in [1.807, 2.05) is 4.90 Å². The highest BCUT2D eigenvalue weighted by Gasteiger charge is 2.40. The van der Waals surface area contributed by atoms with Gasteiger partial charge in [-0.1, -0.05) is 0 Å². The molecule has 0 radical (unpaired) electrons. The van der Waals surface area contributed by atoms with Gasteiger partial charge in [0.2, 0.25) is 5.91 Å². The van der Waals surface area contributed by atoms with E-state index in [1.54, 1.807) is 0 Å². The molecule has 5 heteroatoms. The molecule has 0 aliphatic carbocycles. The third kappa shape index (κ3) is 2.07. The molecule has 2 atom stereocenters. The van der Waals surface area contributed by atoms with Crippen LogP contribution in [0, 0.1) is 0 Å². The number of hydrogen-bond acceptors (Lipinski definition) is 4. The molecule has 2 rings (SSSR count). The molecule has 16 heavy (non-hydrogen) atoms.